The fraction of sp³-hybridized carbons (Fsp3) is 0.538. The molecular weight excluding hydrogens is 245 g/mol. The van der Waals surface area contributed by atoms with E-state index in [1.54, 1.807) is 19.2 Å². The molecule has 2 rings (SSSR count). The van der Waals surface area contributed by atoms with E-state index in [-0.39, 0.29) is 0 Å². The lowest BCUT2D eigenvalue weighted by Crippen LogP contribution is -2.32. The smallest absolute Gasteiger partial charge is 0.492 e. The molecule has 0 amide bonds. The molecule has 0 saturated carbocycles. The van der Waals surface area contributed by atoms with Crippen LogP contribution in [0, 0.1) is 0 Å². The van der Waals surface area contributed by atoms with Crippen molar-refractivity contribution in [3.05, 3.63) is 23.8 Å². The van der Waals surface area contributed by atoms with Crippen molar-refractivity contribution >= 4 is 12.6 Å². The molecule has 0 bridgehead atoms. The van der Waals surface area contributed by atoms with Gasteiger partial charge in [0.1, 0.15) is 5.75 Å². The van der Waals surface area contributed by atoms with Crippen LogP contribution in [0.5, 0.6) is 5.75 Å². The number of rotatable bonds is 5. The van der Waals surface area contributed by atoms with E-state index in [1.807, 2.05) is 6.07 Å². The van der Waals surface area contributed by atoms with Crippen LogP contribution < -0.4 is 10.2 Å². The highest BCUT2D eigenvalue weighted by molar-refractivity contribution is 6.59. The van der Waals surface area contributed by atoms with Crippen molar-refractivity contribution in [3.8, 4) is 5.75 Å². The van der Waals surface area contributed by atoms with Gasteiger partial charge in [0.25, 0.3) is 0 Å². The average molecular weight is 265 g/mol. The quantitative estimate of drug-likeness (QED) is 0.709. The van der Waals surface area contributed by atoms with Gasteiger partial charge in [-0.15, -0.1) is 0 Å². The second-order valence-corrected chi connectivity index (χ2v) is 4.83. The Morgan fingerprint density at radius 3 is 2.74 bits per heavy atom. The molecule has 1 aromatic rings. The first-order valence-electron chi connectivity index (χ1n) is 6.42. The van der Waals surface area contributed by atoms with Crippen molar-refractivity contribution in [1.29, 1.82) is 0 Å². The molecule has 1 saturated heterocycles. The van der Waals surface area contributed by atoms with Crippen LogP contribution >= 0.6 is 0 Å². The van der Waals surface area contributed by atoms with Gasteiger partial charge < -0.3 is 19.5 Å². The lowest BCUT2D eigenvalue weighted by atomic mass is 9.78. The number of likely N-dealkylation sites (tertiary alicyclic amines) is 1. The monoisotopic (exact) mass is 265 g/mol. The highest BCUT2D eigenvalue weighted by Gasteiger charge is 2.23. The van der Waals surface area contributed by atoms with Crippen LogP contribution in [-0.4, -0.2) is 55.5 Å². The van der Waals surface area contributed by atoms with Gasteiger partial charge in [-0.05, 0) is 18.1 Å². The number of hydrogen-bond acceptors (Lipinski definition) is 5. The standard InChI is InChI=1S/C13H20BNO4/c1-18-11-5-6-15(9-11)8-10-3-4-13(19-2)12(7-10)14(16)17/h3-4,7,11,16-17H,5-6,8-9H2,1-2H3. The third-order valence-electron chi connectivity index (χ3n) is 3.54. The molecule has 1 atom stereocenters. The molecule has 5 nitrogen and oxygen atoms in total. The van der Waals surface area contributed by atoms with Crippen molar-refractivity contribution < 1.29 is 19.5 Å². The van der Waals surface area contributed by atoms with Gasteiger partial charge in [0.05, 0.1) is 13.2 Å². The van der Waals surface area contributed by atoms with Crippen LogP contribution in [0.25, 0.3) is 0 Å². The van der Waals surface area contributed by atoms with Crippen LogP contribution in [0.2, 0.25) is 0 Å². The van der Waals surface area contributed by atoms with Crippen molar-refractivity contribution in [1.82, 2.24) is 4.90 Å². The van der Waals surface area contributed by atoms with E-state index < -0.39 is 7.12 Å². The van der Waals surface area contributed by atoms with Gasteiger partial charge in [-0.3, -0.25) is 4.90 Å². The van der Waals surface area contributed by atoms with Crippen molar-refractivity contribution in [2.45, 2.75) is 19.1 Å². The molecule has 19 heavy (non-hydrogen) atoms. The summed E-state index contributed by atoms with van der Waals surface area (Å²) in [7, 11) is 1.74. The summed E-state index contributed by atoms with van der Waals surface area (Å²) in [6.45, 7) is 2.70. The van der Waals surface area contributed by atoms with Crippen LogP contribution in [0.3, 0.4) is 0 Å². The minimum Gasteiger partial charge on any atom is -0.497 e. The Labute approximate surface area is 113 Å². The number of methoxy groups -OCH3 is 2. The van der Waals surface area contributed by atoms with Crippen LogP contribution in [-0.2, 0) is 11.3 Å². The van der Waals surface area contributed by atoms with Crippen molar-refractivity contribution in [2.75, 3.05) is 27.3 Å². The first-order valence-corrected chi connectivity index (χ1v) is 6.42. The van der Waals surface area contributed by atoms with E-state index in [0.717, 1.165) is 31.6 Å². The molecule has 104 valence electrons. The van der Waals surface area contributed by atoms with Gasteiger partial charge >= 0.3 is 7.12 Å². The fourth-order valence-electron chi connectivity index (χ4n) is 2.48. The van der Waals surface area contributed by atoms with Gasteiger partial charge in [-0.2, -0.15) is 0 Å². The zero-order valence-electron chi connectivity index (χ0n) is 11.4. The maximum absolute atomic E-state index is 9.34. The number of hydrogen-bond donors (Lipinski definition) is 2. The number of nitrogens with zero attached hydrogens (tertiary/aromatic N) is 1. The van der Waals surface area contributed by atoms with Crippen molar-refractivity contribution in [3.63, 3.8) is 0 Å². The normalized spacial score (nSPS) is 19.7. The largest absolute Gasteiger partial charge is 0.497 e. The van der Waals surface area contributed by atoms with Crippen LogP contribution in [0.4, 0.5) is 0 Å². The number of ether oxygens (including phenoxy) is 2. The molecule has 1 aliphatic rings. The molecule has 1 aliphatic heterocycles. The molecule has 0 aliphatic carbocycles. The van der Waals surface area contributed by atoms with Crippen LogP contribution in [0.15, 0.2) is 18.2 Å². The summed E-state index contributed by atoms with van der Waals surface area (Å²) in [4.78, 5) is 2.30. The summed E-state index contributed by atoms with van der Waals surface area (Å²) < 4.78 is 10.4. The van der Waals surface area contributed by atoms with Gasteiger partial charge in [-0.25, -0.2) is 0 Å². The van der Waals surface area contributed by atoms with Crippen LogP contribution in [0.1, 0.15) is 12.0 Å². The molecule has 6 heteroatoms. The summed E-state index contributed by atoms with van der Waals surface area (Å²) in [5.74, 6) is 0.495. The Balaban J connectivity index is 2.07. The molecule has 1 aromatic carbocycles. The Morgan fingerprint density at radius 2 is 2.16 bits per heavy atom. The third-order valence-corrected chi connectivity index (χ3v) is 3.54. The summed E-state index contributed by atoms with van der Waals surface area (Å²) in [5, 5.41) is 18.7. The van der Waals surface area contributed by atoms with Gasteiger partial charge in [-0.1, -0.05) is 12.1 Å². The lowest BCUT2D eigenvalue weighted by molar-refractivity contribution is 0.107. The first-order chi connectivity index (χ1) is 9.13. The third kappa shape index (κ3) is 3.48. The minimum absolute atomic E-state index is 0.307. The van der Waals surface area contributed by atoms with E-state index in [1.165, 1.54) is 7.11 Å². The summed E-state index contributed by atoms with van der Waals surface area (Å²) >= 11 is 0. The van der Waals surface area contributed by atoms with E-state index in [2.05, 4.69) is 4.90 Å². The molecule has 1 heterocycles. The second-order valence-electron chi connectivity index (χ2n) is 4.83. The van der Waals surface area contributed by atoms with E-state index in [9.17, 15) is 10.0 Å². The van der Waals surface area contributed by atoms with Gasteiger partial charge in [0.15, 0.2) is 0 Å². The molecule has 0 radical (unpaired) electrons. The summed E-state index contributed by atoms with van der Waals surface area (Å²) in [6.07, 6.45) is 1.35. The molecule has 2 N–H and O–H groups in total. The Bertz CT molecular complexity index is 427. The zero-order chi connectivity index (χ0) is 13.8. The maximum atomic E-state index is 9.34. The Morgan fingerprint density at radius 1 is 1.37 bits per heavy atom. The predicted octanol–water partition coefficient (Wildman–Crippen LogP) is -0.404. The topological polar surface area (TPSA) is 62.2 Å². The lowest BCUT2D eigenvalue weighted by Gasteiger charge is -2.17. The maximum Gasteiger partial charge on any atom is 0.492 e. The molecule has 0 spiro atoms. The average Bonchev–Trinajstić information content (AvgIpc) is 2.86. The van der Waals surface area contributed by atoms with E-state index in [0.29, 0.717) is 17.3 Å². The number of benzene rings is 1. The zero-order valence-corrected chi connectivity index (χ0v) is 11.4. The van der Waals surface area contributed by atoms with E-state index >= 15 is 0 Å². The predicted molar refractivity (Wildman–Crippen MR) is 73.5 cm³/mol. The van der Waals surface area contributed by atoms with Gasteiger partial charge in [0, 0.05) is 32.2 Å². The molecule has 1 unspecified atom stereocenters. The van der Waals surface area contributed by atoms with E-state index in [4.69, 9.17) is 9.47 Å². The SMILES string of the molecule is COc1ccc(CN2CCC(OC)C2)cc1B(O)O. The second kappa shape index (κ2) is 6.39. The molecular formula is C13H20BNO4. The summed E-state index contributed by atoms with van der Waals surface area (Å²) in [6, 6.07) is 5.50. The Hall–Kier alpha value is -1.08. The summed E-state index contributed by atoms with van der Waals surface area (Å²) in [5.41, 5.74) is 1.45. The highest BCUT2D eigenvalue weighted by atomic mass is 16.5. The Kier molecular flexibility index (Phi) is 4.82. The first kappa shape index (κ1) is 14.3. The minimum atomic E-state index is -1.51. The fourth-order valence-corrected chi connectivity index (χ4v) is 2.48. The van der Waals surface area contributed by atoms with Crippen molar-refractivity contribution in [2.24, 2.45) is 0 Å². The van der Waals surface area contributed by atoms with Gasteiger partial charge in [0.2, 0.25) is 0 Å². The molecule has 1 fully saturated rings. The molecule has 0 aromatic heterocycles. The highest BCUT2D eigenvalue weighted by Crippen LogP contribution is 2.17.